The lowest BCUT2D eigenvalue weighted by atomic mass is 9.87. The van der Waals surface area contributed by atoms with Gasteiger partial charge in [-0.25, -0.2) is 4.98 Å². The number of ether oxygens (including phenoxy) is 2. The minimum Gasteiger partial charge on any atom is -0.378 e. The highest BCUT2D eigenvalue weighted by Crippen LogP contribution is 2.36. The van der Waals surface area contributed by atoms with Gasteiger partial charge in [0.05, 0.1) is 22.9 Å². The molecule has 1 aromatic heterocycles. The average molecular weight is 419 g/mol. The lowest BCUT2D eigenvalue weighted by Crippen LogP contribution is -2.58. The van der Waals surface area contributed by atoms with Gasteiger partial charge in [-0.1, -0.05) is 11.3 Å². The largest absolute Gasteiger partial charge is 0.378 e. The molecule has 0 bridgehead atoms. The number of hydrogen-bond acceptors (Lipinski definition) is 7. The molecule has 156 valence electrons. The fourth-order valence-corrected chi connectivity index (χ4v) is 5.23. The maximum Gasteiger partial charge on any atom is 0.240 e. The van der Waals surface area contributed by atoms with E-state index in [0.29, 0.717) is 18.2 Å². The molecule has 2 amide bonds. The normalized spacial score (nSPS) is 24.8. The number of likely N-dealkylation sites (tertiary alicyclic amines) is 1. The quantitative estimate of drug-likeness (QED) is 0.775. The number of fused-ring (bicyclic) bond motifs is 1. The zero-order valence-electron chi connectivity index (χ0n) is 16.7. The van der Waals surface area contributed by atoms with E-state index < -0.39 is 0 Å². The molecule has 8 nitrogen and oxygen atoms in total. The number of anilines is 2. The van der Waals surface area contributed by atoms with Crippen LogP contribution in [0.25, 0.3) is 10.2 Å². The van der Waals surface area contributed by atoms with Gasteiger partial charge in [-0.15, -0.1) is 0 Å². The minimum atomic E-state index is -0.288. The van der Waals surface area contributed by atoms with Crippen LogP contribution in [0.2, 0.25) is 0 Å². The summed E-state index contributed by atoms with van der Waals surface area (Å²) in [7, 11) is 1.74. The summed E-state index contributed by atoms with van der Waals surface area (Å²) in [5.74, 6) is -0.209. The van der Waals surface area contributed by atoms with Gasteiger partial charge >= 0.3 is 0 Å². The number of thiazole rings is 1. The second kappa shape index (κ2) is 8.35. The van der Waals surface area contributed by atoms with Crippen molar-refractivity contribution in [2.24, 2.45) is 0 Å². The highest BCUT2D eigenvalue weighted by molar-refractivity contribution is 7.22. The molecule has 0 saturated carbocycles. The number of carbonyl (C=O) groups is 2. The number of nitrogens with zero attached hydrogens (tertiary/aromatic N) is 2. The van der Waals surface area contributed by atoms with Gasteiger partial charge in [0.1, 0.15) is 5.60 Å². The number of hydrogen-bond donors (Lipinski definition) is 2. The van der Waals surface area contributed by atoms with Gasteiger partial charge in [-0.05, 0) is 37.5 Å². The highest BCUT2D eigenvalue weighted by Gasteiger charge is 2.47. The molecule has 29 heavy (non-hydrogen) atoms. The third-order valence-corrected chi connectivity index (χ3v) is 6.46. The number of benzene rings is 1. The van der Waals surface area contributed by atoms with Gasteiger partial charge in [0.15, 0.2) is 5.13 Å². The number of aromatic nitrogens is 1. The summed E-state index contributed by atoms with van der Waals surface area (Å²) in [6, 6.07) is 5.50. The Kier molecular flexibility index (Phi) is 5.82. The standard InChI is InChI=1S/C20H26N4O4S/c1-13(25)21-14-4-5-15-16(10-14)29-19(22-15)23-18(26)11-24-8-6-17(27-2)20(12-24)7-3-9-28-20/h4-5,10,17H,3,6-9,11-12H2,1-2H3,(H,21,25)(H,22,23,26)/t17-,20-/m1/s1. The zero-order chi connectivity index (χ0) is 20.4. The van der Waals surface area contributed by atoms with Gasteiger partial charge in [0.25, 0.3) is 0 Å². The van der Waals surface area contributed by atoms with Gasteiger partial charge in [-0.3, -0.25) is 14.5 Å². The van der Waals surface area contributed by atoms with Crippen LogP contribution in [0.1, 0.15) is 26.2 Å². The van der Waals surface area contributed by atoms with Crippen LogP contribution >= 0.6 is 11.3 Å². The Hall–Kier alpha value is -2.07. The van der Waals surface area contributed by atoms with Crippen molar-refractivity contribution < 1.29 is 19.1 Å². The third kappa shape index (κ3) is 4.42. The number of nitrogens with one attached hydrogen (secondary N) is 2. The van der Waals surface area contributed by atoms with Gasteiger partial charge in [0.2, 0.25) is 11.8 Å². The number of methoxy groups -OCH3 is 1. The Morgan fingerprint density at radius 2 is 2.28 bits per heavy atom. The molecule has 2 aliphatic heterocycles. The van der Waals surface area contributed by atoms with Crippen molar-refractivity contribution in [3.05, 3.63) is 18.2 Å². The minimum absolute atomic E-state index is 0.0878. The maximum atomic E-state index is 12.6. The van der Waals surface area contributed by atoms with E-state index in [4.69, 9.17) is 9.47 Å². The summed E-state index contributed by atoms with van der Waals surface area (Å²) in [4.78, 5) is 30.4. The molecule has 9 heteroatoms. The van der Waals surface area contributed by atoms with E-state index in [0.717, 1.165) is 48.3 Å². The Labute approximate surface area is 173 Å². The third-order valence-electron chi connectivity index (χ3n) is 5.53. The summed E-state index contributed by atoms with van der Waals surface area (Å²) in [6.07, 6.45) is 2.95. The smallest absolute Gasteiger partial charge is 0.240 e. The van der Waals surface area contributed by atoms with Crippen molar-refractivity contribution >= 4 is 44.2 Å². The lowest BCUT2D eigenvalue weighted by Gasteiger charge is -2.44. The fraction of sp³-hybridized carbons (Fsp3) is 0.550. The molecule has 2 aliphatic rings. The maximum absolute atomic E-state index is 12.6. The molecule has 0 aliphatic carbocycles. The first-order valence-corrected chi connectivity index (χ1v) is 10.7. The van der Waals surface area contributed by atoms with Crippen molar-refractivity contribution in [1.82, 2.24) is 9.88 Å². The molecule has 2 fully saturated rings. The van der Waals surface area contributed by atoms with Crippen LogP contribution in [0.5, 0.6) is 0 Å². The molecule has 2 N–H and O–H groups in total. The zero-order valence-corrected chi connectivity index (χ0v) is 17.5. The molecule has 2 saturated heterocycles. The van der Waals surface area contributed by atoms with E-state index in [1.54, 1.807) is 13.2 Å². The summed E-state index contributed by atoms with van der Waals surface area (Å²) < 4.78 is 12.6. The van der Waals surface area contributed by atoms with E-state index in [-0.39, 0.29) is 23.5 Å². The first-order chi connectivity index (χ1) is 14.0. The van der Waals surface area contributed by atoms with Crippen LogP contribution in [-0.4, -0.2) is 66.8 Å². The molecule has 3 heterocycles. The second-order valence-electron chi connectivity index (χ2n) is 7.67. The first kappa shape index (κ1) is 20.2. The molecular formula is C20H26N4O4S. The number of carbonyl (C=O) groups excluding carboxylic acids is 2. The number of amides is 2. The SMILES string of the molecule is CO[C@@H]1CCN(CC(=O)Nc2nc3ccc(NC(C)=O)cc3s2)C[C@]12CCCO2. The van der Waals surface area contributed by atoms with Crippen LogP contribution in [0.3, 0.4) is 0 Å². The van der Waals surface area contributed by atoms with Gasteiger partial charge < -0.3 is 20.1 Å². The predicted octanol–water partition coefficient (Wildman–Crippen LogP) is 2.46. The Morgan fingerprint density at radius 1 is 1.41 bits per heavy atom. The van der Waals surface area contributed by atoms with E-state index in [9.17, 15) is 9.59 Å². The van der Waals surface area contributed by atoms with E-state index >= 15 is 0 Å². The van der Waals surface area contributed by atoms with Gasteiger partial charge in [-0.2, -0.15) is 0 Å². The first-order valence-electron chi connectivity index (χ1n) is 9.84. The van der Waals surface area contributed by atoms with Crippen LogP contribution in [0, 0.1) is 0 Å². The van der Waals surface area contributed by atoms with Crippen molar-refractivity contribution in [3.63, 3.8) is 0 Å². The summed E-state index contributed by atoms with van der Waals surface area (Å²) in [5.41, 5.74) is 1.22. The van der Waals surface area contributed by atoms with E-state index in [1.165, 1.54) is 18.3 Å². The van der Waals surface area contributed by atoms with Crippen LogP contribution in [-0.2, 0) is 19.1 Å². The Balaban J connectivity index is 1.39. The molecule has 2 aromatic rings. The monoisotopic (exact) mass is 418 g/mol. The van der Waals surface area contributed by atoms with Crippen molar-refractivity contribution in [1.29, 1.82) is 0 Å². The topological polar surface area (TPSA) is 92.8 Å². The number of piperidine rings is 1. The molecule has 0 radical (unpaired) electrons. The Morgan fingerprint density at radius 3 is 3.00 bits per heavy atom. The second-order valence-corrected chi connectivity index (χ2v) is 8.70. The molecular weight excluding hydrogens is 392 g/mol. The molecule has 1 spiro atoms. The van der Waals surface area contributed by atoms with E-state index in [1.807, 2.05) is 12.1 Å². The lowest BCUT2D eigenvalue weighted by molar-refractivity contribution is -0.146. The molecule has 2 atom stereocenters. The van der Waals surface area contributed by atoms with Crippen LogP contribution < -0.4 is 10.6 Å². The summed E-state index contributed by atoms with van der Waals surface area (Å²) >= 11 is 1.39. The number of rotatable bonds is 5. The predicted molar refractivity (Wildman–Crippen MR) is 112 cm³/mol. The Bertz CT molecular complexity index is 909. The van der Waals surface area contributed by atoms with Crippen molar-refractivity contribution in [2.75, 3.05) is 44.0 Å². The average Bonchev–Trinajstić information content (AvgIpc) is 3.28. The van der Waals surface area contributed by atoms with Crippen LogP contribution in [0.4, 0.5) is 10.8 Å². The van der Waals surface area contributed by atoms with E-state index in [2.05, 4.69) is 20.5 Å². The molecule has 4 rings (SSSR count). The van der Waals surface area contributed by atoms with Crippen molar-refractivity contribution in [2.45, 2.75) is 37.9 Å². The highest BCUT2D eigenvalue weighted by atomic mass is 32.1. The molecule has 0 unspecified atom stereocenters. The van der Waals surface area contributed by atoms with Crippen LogP contribution in [0.15, 0.2) is 18.2 Å². The summed E-state index contributed by atoms with van der Waals surface area (Å²) in [5, 5.41) is 6.23. The molecule has 1 aromatic carbocycles. The van der Waals surface area contributed by atoms with Crippen molar-refractivity contribution in [3.8, 4) is 0 Å². The van der Waals surface area contributed by atoms with Gasteiger partial charge in [0, 0.05) is 39.4 Å². The summed E-state index contributed by atoms with van der Waals surface area (Å²) in [6.45, 7) is 4.04. The fourth-order valence-electron chi connectivity index (χ4n) is 4.31.